The molecular weight excluding hydrogens is 502 g/mol. The van der Waals surface area contributed by atoms with E-state index in [4.69, 9.17) is 15.9 Å². The molecule has 0 spiro atoms. The van der Waals surface area contributed by atoms with E-state index in [0.717, 1.165) is 55.8 Å². The summed E-state index contributed by atoms with van der Waals surface area (Å²) >= 11 is 0. The lowest BCUT2D eigenvalue weighted by atomic mass is 9.94. The molecule has 0 aliphatic carbocycles. The van der Waals surface area contributed by atoms with Crippen molar-refractivity contribution in [3.8, 4) is 5.75 Å². The summed E-state index contributed by atoms with van der Waals surface area (Å²) in [5.41, 5.74) is 9.37. The number of ether oxygens (including phenoxy) is 1. The first kappa shape index (κ1) is 27.7. The smallest absolute Gasteiger partial charge is 0.324 e. The molecule has 2 heterocycles. The summed E-state index contributed by atoms with van der Waals surface area (Å²) < 4.78 is 6.11. The molecular formula is C32H39N5O3. The minimum atomic E-state index is -0.0108. The Morgan fingerprint density at radius 2 is 1.68 bits per heavy atom. The van der Waals surface area contributed by atoms with Crippen LogP contribution in [0.2, 0.25) is 0 Å². The summed E-state index contributed by atoms with van der Waals surface area (Å²) in [5.74, 6) is 0.882. The zero-order chi connectivity index (χ0) is 27.9. The van der Waals surface area contributed by atoms with Crippen molar-refractivity contribution in [2.45, 2.75) is 26.0 Å². The summed E-state index contributed by atoms with van der Waals surface area (Å²) in [5, 5.41) is 17.6. The van der Waals surface area contributed by atoms with Crippen LogP contribution >= 0.6 is 0 Å². The lowest BCUT2D eigenvalue weighted by Crippen LogP contribution is -2.56. The molecule has 4 N–H and O–H groups in total. The molecule has 0 bridgehead atoms. The first-order valence-electron chi connectivity index (χ1n) is 14.1. The van der Waals surface area contributed by atoms with E-state index in [1.54, 1.807) is 12.1 Å². The number of hydrogen-bond acceptors (Lipinski definition) is 5. The van der Waals surface area contributed by atoms with E-state index in [-0.39, 0.29) is 17.8 Å². The molecule has 210 valence electrons. The number of phenols is 1. The summed E-state index contributed by atoms with van der Waals surface area (Å²) in [6, 6.07) is 25.0. The number of nitrogen functional groups attached to an aromatic ring is 1. The van der Waals surface area contributed by atoms with Gasteiger partial charge in [0.2, 0.25) is 0 Å². The van der Waals surface area contributed by atoms with Crippen LogP contribution in [0.1, 0.15) is 29.5 Å². The van der Waals surface area contributed by atoms with Gasteiger partial charge in [-0.05, 0) is 67.2 Å². The van der Waals surface area contributed by atoms with Crippen molar-refractivity contribution in [2.75, 3.05) is 44.2 Å². The molecule has 2 aliphatic heterocycles. The molecule has 3 aromatic rings. The third-order valence-corrected chi connectivity index (χ3v) is 7.86. The van der Waals surface area contributed by atoms with Gasteiger partial charge in [-0.1, -0.05) is 54.6 Å². The van der Waals surface area contributed by atoms with Gasteiger partial charge in [-0.3, -0.25) is 15.2 Å². The molecule has 40 heavy (non-hydrogen) atoms. The maximum atomic E-state index is 13.8. The Morgan fingerprint density at radius 1 is 0.925 bits per heavy atom. The van der Waals surface area contributed by atoms with Gasteiger partial charge >= 0.3 is 6.03 Å². The van der Waals surface area contributed by atoms with E-state index in [1.165, 1.54) is 0 Å². The standard InChI is InChI=1S/C32H39N5O3/c33-31(34)28-9-5-10-29(17-28)37-21-27(23-40-22-25-6-2-1-3-7-25)20-36(32(37)39)19-24-12-14-35(15-13-24)18-26-8-4-11-30(38)16-26/h1-11,16-17,24,27,38H,12-15,18-23H2,(H3,33,34). The van der Waals surface area contributed by atoms with Gasteiger partial charge in [0.25, 0.3) is 0 Å². The lowest BCUT2D eigenvalue weighted by Gasteiger charge is -2.42. The number of benzene rings is 3. The van der Waals surface area contributed by atoms with Crippen molar-refractivity contribution in [3.63, 3.8) is 0 Å². The average Bonchev–Trinajstić information content (AvgIpc) is 2.96. The van der Waals surface area contributed by atoms with Crippen LogP contribution in [0.5, 0.6) is 5.75 Å². The number of anilines is 1. The van der Waals surface area contributed by atoms with Crippen LogP contribution < -0.4 is 10.6 Å². The van der Waals surface area contributed by atoms with Crippen LogP contribution in [0.15, 0.2) is 78.9 Å². The third-order valence-electron chi connectivity index (χ3n) is 7.86. The summed E-state index contributed by atoms with van der Waals surface area (Å²) in [6.07, 6.45) is 2.05. The molecule has 1 unspecified atom stereocenters. The van der Waals surface area contributed by atoms with Crippen LogP contribution in [0.3, 0.4) is 0 Å². The Morgan fingerprint density at radius 3 is 2.42 bits per heavy atom. The van der Waals surface area contributed by atoms with Crippen molar-refractivity contribution in [1.29, 1.82) is 5.41 Å². The van der Waals surface area contributed by atoms with E-state index in [0.29, 0.717) is 43.5 Å². The number of amides is 2. The largest absolute Gasteiger partial charge is 0.508 e. The normalized spacial score (nSPS) is 18.7. The molecule has 2 saturated heterocycles. The zero-order valence-corrected chi connectivity index (χ0v) is 22.9. The van der Waals surface area contributed by atoms with Crippen molar-refractivity contribution in [2.24, 2.45) is 17.6 Å². The number of urea groups is 1. The monoisotopic (exact) mass is 541 g/mol. The van der Waals surface area contributed by atoms with Crippen LogP contribution in [0, 0.1) is 17.2 Å². The predicted molar refractivity (Wildman–Crippen MR) is 157 cm³/mol. The van der Waals surface area contributed by atoms with Gasteiger partial charge in [0, 0.05) is 43.3 Å². The fraction of sp³-hybridized carbons (Fsp3) is 0.375. The lowest BCUT2D eigenvalue weighted by molar-refractivity contribution is 0.0643. The topological polar surface area (TPSA) is 106 Å². The van der Waals surface area contributed by atoms with Gasteiger partial charge in [0.15, 0.2) is 0 Å². The van der Waals surface area contributed by atoms with Gasteiger partial charge in [0.05, 0.1) is 13.2 Å². The van der Waals surface area contributed by atoms with Crippen LogP contribution in [0.25, 0.3) is 0 Å². The Balaban J connectivity index is 1.23. The van der Waals surface area contributed by atoms with Gasteiger partial charge in [-0.15, -0.1) is 0 Å². The molecule has 2 amide bonds. The average molecular weight is 542 g/mol. The maximum absolute atomic E-state index is 13.8. The van der Waals surface area contributed by atoms with Crippen molar-refractivity contribution in [1.82, 2.24) is 9.80 Å². The van der Waals surface area contributed by atoms with Crippen LogP contribution in [-0.4, -0.2) is 66.1 Å². The number of rotatable bonds is 10. The van der Waals surface area contributed by atoms with Crippen molar-refractivity contribution < 1.29 is 14.6 Å². The van der Waals surface area contributed by atoms with E-state index >= 15 is 0 Å². The Labute approximate surface area is 236 Å². The molecule has 2 fully saturated rings. The Bertz CT molecular complexity index is 1290. The maximum Gasteiger partial charge on any atom is 0.324 e. The molecule has 1 atom stereocenters. The second-order valence-corrected chi connectivity index (χ2v) is 11.0. The number of carbonyl (C=O) groups excluding carboxylic acids is 1. The van der Waals surface area contributed by atoms with Gasteiger partial charge in [0.1, 0.15) is 11.6 Å². The minimum Gasteiger partial charge on any atom is -0.508 e. The molecule has 5 rings (SSSR count). The fourth-order valence-electron chi connectivity index (χ4n) is 5.74. The fourth-order valence-corrected chi connectivity index (χ4v) is 5.74. The van der Waals surface area contributed by atoms with Gasteiger partial charge in [-0.2, -0.15) is 0 Å². The summed E-state index contributed by atoms with van der Waals surface area (Å²) in [6.45, 7) is 5.81. The molecule has 8 heteroatoms. The van der Waals surface area contributed by atoms with Crippen LogP contribution in [0.4, 0.5) is 10.5 Å². The quantitative estimate of drug-likeness (QED) is 0.256. The highest BCUT2D eigenvalue weighted by molar-refractivity contribution is 5.98. The third kappa shape index (κ3) is 7.20. The second kappa shape index (κ2) is 13.0. The number of carbonyl (C=O) groups is 1. The summed E-state index contributed by atoms with van der Waals surface area (Å²) in [4.78, 5) is 20.0. The molecule has 0 saturated carbocycles. The number of phenolic OH excluding ortho intramolecular Hbond substituents is 1. The molecule has 3 aromatic carbocycles. The number of piperidine rings is 1. The SMILES string of the molecule is N=C(N)c1cccc(N2CC(COCc3ccccc3)CN(CC3CCN(Cc4cccc(O)c4)CC3)C2=O)c1. The van der Waals surface area contributed by atoms with Gasteiger partial charge < -0.3 is 20.5 Å². The molecule has 0 aromatic heterocycles. The highest BCUT2D eigenvalue weighted by atomic mass is 16.5. The second-order valence-electron chi connectivity index (χ2n) is 11.0. The predicted octanol–water partition coefficient (Wildman–Crippen LogP) is 4.66. The number of amidine groups is 1. The van der Waals surface area contributed by atoms with Gasteiger partial charge in [-0.25, -0.2) is 4.79 Å². The number of hydrogen-bond donors (Lipinski definition) is 3. The number of nitrogens with zero attached hydrogens (tertiary/aromatic N) is 3. The minimum absolute atomic E-state index is 0.00204. The van der Waals surface area contributed by atoms with Crippen LogP contribution in [-0.2, 0) is 17.9 Å². The van der Waals surface area contributed by atoms with E-state index in [1.807, 2.05) is 64.4 Å². The van der Waals surface area contributed by atoms with Crippen molar-refractivity contribution in [3.05, 3.63) is 95.6 Å². The number of likely N-dealkylation sites (tertiary alicyclic amines) is 1. The number of nitrogens with two attached hydrogens (primary N) is 1. The van der Waals surface area contributed by atoms with Crippen molar-refractivity contribution >= 4 is 17.6 Å². The first-order chi connectivity index (χ1) is 19.4. The number of aromatic hydroxyl groups is 1. The first-order valence-corrected chi connectivity index (χ1v) is 14.1. The highest BCUT2D eigenvalue weighted by Crippen LogP contribution is 2.27. The van der Waals surface area contributed by atoms with E-state index < -0.39 is 0 Å². The van der Waals surface area contributed by atoms with E-state index in [9.17, 15) is 9.90 Å². The summed E-state index contributed by atoms with van der Waals surface area (Å²) in [7, 11) is 0. The highest BCUT2D eigenvalue weighted by Gasteiger charge is 2.35. The number of nitrogens with one attached hydrogen (secondary N) is 1. The molecule has 8 nitrogen and oxygen atoms in total. The Kier molecular flexibility index (Phi) is 8.98. The molecule has 0 radical (unpaired) electrons. The molecule has 2 aliphatic rings. The Hall–Kier alpha value is -3.88. The zero-order valence-electron chi connectivity index (χ0n) is 22.9. The van der Waals surface area contributed by atoms with E-state index in [2.05, 4.69) is 17.0 Å².